The first-order valence-corrected chi connectivity index (χ1v) is 12.2. The lowest BCUT2D eigenvalue weighted by Gasteiger charge is -2.36. The second-order valence-electron chi connectivity index (χ2n) is 9.94. The van der Waals surface area contributed by atoms with Crippen LogP contribution in [0, 0.1) is 0 Å². The molecule has 174 valence electrons. The van der Waals surface area contributed by atoms with E-state index in [0.717, 1.165) is 51.4 Å². The summed E-state index contributed by atoms with van der Waals surface area (Å²) in [6, 6.07) is 0. The molecule has 7 heteroatoms. The van der Waals surface area contributed by atoms with Gasteiger partial charge in [-0.25, -0.2) is 4.79 Å². The average Bonchev–Trinajstić information content (AvgIpc) is 3.08. The van der Waals surface area contributed by atoms with Crippen LogP contribution in [0.25, 0.3) is 0 Å². The van der Waals surface area contributed by atoms with E-state index in [-0.39, 0.29) is 24.9 Å². The van der Waals surface area contributed by atoms with Crippen LogP contribution >= 0.6 is 0 Å². The number of fused-ring (bicyclic) bond motifs is 3. The molecule has 5 aliphatic rings. The molecule has 3 aliphatic heterocycles. The van der Waals surface area contributed by atoms with Crippen LogP contribution in [-0.4, -0.2) is 54.9 Å². The highest BCUT2D eigenvalue weighted by molar-refractivity contribution is 5.86. The molecule has 0 bridgehead atoms. The lowest BCUT2D eigenvalue weighted by molar-refractivity contribution is -0.251. The number of carbonyl (C=O) groups excluding carboxylic acids is 1. The van der Waals surface area contributed by atoms with Gasteiger partial charge in [-0.1, -0.05) is 32.3 Å². The van der Waals surface area contributed by atoms with Crippen molar-refractivity contribution in [2.45, 2.75) is 126 Å². The lowest BCUT2D eigenvalue weighted by atomic mass is 9.99. The molecule has 7 nitrogen and oxygen atoms in total. The van der Waals surface area contributed by atoms with E-state index >= 15 is 0 Å². The minimum atomic E-state index is -0.595. The Kier molecular flexibility index (Phi) is 6.16. The zero-order chi connectivity index (χ0) is 21.5. The second-order valence-corrected chi connectivity index (χ2v) is 9.94. The molecule has 0 aromatic rings. The minimum Gasteiger partial charge on any atom is -0.459 e. The van der Waals surface area contributed by atoms with Crippen LogP contribution in [0.2, 0.25) is 0 Å². The van der Waals surface area contributed by atoms with Gasteiger partial charge in [0.2, 0.25) is 0 Å². The van der Waals surface area contributed by atoms with Crippen LogP contribution in [0.5, 0.6) is 0 Å². The van der Waals surface area contributed by atoms with Crippen molar-refractivity contribution in [3.8, 4) is 0 Å². The number of rotatable bonds is 3. The second kappa shape index (κ2) is 8.75. The van der Waals surface area contributed by atoms with Gasteiger partial charge < -0.3 is 28.4 Å². The fraction of sp³-hybridized carbons (Fsp3) is 0.875. The van der Waals surface area contributed by atoms with E-state index in [1.807, 2.05) is 0 Å². The largest absolute Gasteiger partial charge is 0.459 e. The van der Waals surface area contributed by atoms with Gasteiger partial charge in [0.25, 0.3) is 0 Å². The molecule has 3 heterocycles. The highest BCUT2D eigenvalue weighted by atomic mass is 16.9. The van der Waals surface area contributed by atoms with Gasteiger partial charge in [-0.2, -0.15) is 0 Å². The summed E-state index contributed by atoms with van der Waals surface area (Å²) in [5.41, 5.74) is 0.368. The Hall–Kier alpha value is -0.990. The van der Waals surface area contributed by atoms with E-state index < -0.39 is 29.9 Å². The number of hydrogen-bond donors (Lipinski definition) is 0. The highest BCUT2D eigenvalue weighted by Crippen LogP contribution is 2.50. The number of ether oxygens (including phenoxy) is 6. The van der Waals surface area contributed by atoms with Crippen LogP contribution in [0.1, 0.15) is 84.0 Å². The van der Waals surface area contributed by atoms with Crippen molar-refractivity contribution in [3.05, 3.63) is 12.2 Å². The fourth-order valence-electron chi connectivity index (χ4n) is 5.81. The molecule has 2 spiro atoms. The molecule has 2 aliphatic carbocycles. The SMILES string of the molecule is C=C(C)C(=O)OC[C@H]1O[C@@H]2OC3(CCCCCC3)O[C@@H]2[C@H]2OC3(CCCCCC3)O[C@H]21. The maximum Gasteiger partial charge on any atom is 0.333 e. The summed E-state index contributed by atoms with van der Waals surface area (Å²) in [5.74, 6) is -1.61. The zero-order valence-corrected chi connectivity index (χ0v) is 18.6. The average molecular weight is 437 g/mol. The Morgan fingerprint density at radius 1 is 0.806 bits per heavy atom. The van der Waals surface area contributed by atoms with Gasteiger partial charge in [-0.15, -0.1) is 0 Å². The molecule has 0 unspecified atom stereocenters. The van der Waals surface area contributed by atoms with Crippen molar-refractivity contribution in [1.82, 2.24) is 0 Å². The van der Waals surface area contributed by atoms with Crippen molar-refractivity contribution in [2.24, 2.45) is 0 Å². The van der Waals surface area contributed by atoms with Gasteiger partial charge in [0.1, 0.15) is 31.0 Å². The molecule has 5 fully saturated rings. The van der Waals surface area contributed by atoms with Gasteiger partial charge in [0.05, 0.1) is 0 Å². The minimum absolute atomic E-state index is 0.0892. The van der Waals surface area contributed by atoms with Crippen molar-refractivity contribution in [1.29, 1.82) is 0 Å². The Morgan fingerprint density at radius 3 is 1.90 bits per heavy atom. The maximum absolute atomic E-state index is 12.0. The third-order valence-corrected chi connectivity index (χ3v) is 7.43. The monoisotopic (exact) mass is 436 g/mol. The molecular weight excluding hydrogens is 400 g/mol. The molecule has 0 aromatic heterocycles. The normalized spacial score (nSPS) is 38.8. The van der Waals surface area contributed by atoms with E-state index in [2.05, 4.69) is 6.58 Å². The van der Waals surface area contributed by atoms with Gasteiger partial charge in [0.15, 0.2) is 17.9 Å². The molecule has 3 saturated heterocycles. The molecule has 0 radical (unpaired) electrons. The predicted molar refractivity (Wildman–Crippen MR) is 111 cm³/mol. The molecular formula is C24H36O7. The molecule has 5 atom stereocenters. The molecule has 0 N–H and O–H groups in total. The smallest absolute Gasteiger partial charge is 0.333 e. The standard InChI is InChI=1S/C24H36O7/c1-16(2)21(25)26-15-17-18-19(29-23(28-18)11-7-3-4-8-12-23)20-22(27-17)31-24(30-20)13-9-5-6-10-14-24/h17-20,22H,1,3-15H2,2H3/t17-,18+,19+,20-,22-/m1/s1. The van der Waals surface area contributed by atoms with Crippen molar-refractivity contribution in [2.75, 3.05) is 6.61 Å². The summed E-state index contributed by atoms with van der Waals surface area (Å²) in [4.78, 5) is 12.0. The Morgan fingerprint density at radius 2 is 1.32 bits per heavy atom. The van der Waals surface area contributed by atoms with Crippen LogP contribution in [0.15, 0.2) is 12.2 Å². The van der Waals surface area contributed by atoms with E-state index in [1.165, 1.54) is 25.7 Å². The summed E-state index contributed by atoms with van der Waals surface area (Å²) in [6.07, 6.45) is 10.8. The Bertz CT molecular complexity index is 675. The molecule has 31 heavy (non-hydrogen) atoms. The van der Waals surface area contributed by atoms with Gasteiger partial charge in [0, 0.05) is 31.3 Å². The van der Waals surface area contributed by atoms with E-state index in [9.17, 15) is 4.79 Å². The number of esters is 1. The Balaban J connectivity index is 1.37. The van der Waals surface area contributed by atoms with Gasteiger partial charge in [-0.05, 0) is 32.6 Å². The summed E-state index contributed by atoms with van der Waals surface area (Å²) in [7, 11) is 0. The molecule has 2 saturated carbocycles. The third-order valence-electron chi connectivity index (χ3n) is 7.43. The topological polar surface area (TPSA) is 72.5 Å². The summed E-state index contributed by atoms with van der Waals surface area (Å²) < 4.78 is 38.1. The lowest BCUT2D eigenvalue weighted by Crippen LogP contribution is -2.56. The molecule has 0 aromatic carbocycles. The zero-order valence-electron chi connectivity index (χ0n) is 18.6. The summed E-state index contributed by atoms with van der Waals surface area (Å²) in [5, 5.41) is 0. The summed E-state index contributed by atoms with van der Waals surface area (Å²) in [6.45, 7) is 5.40. The van der Waals surface area contributed by atoms with Crippen LogP contribution < -0.4 is 0 Å². The summed E-state index contributed by atoms with van der Waals surface area (Å²) >= 11 is 0. The van der Waals surface area contributed by atoms with E-state index in [1.54, 1.807) is 6.92 Å². The van der Waals surface area contributed by atoms with Crippen LogP contribution in [-0.2, 0) is 33.2 Å². The van der Waals surface area contributed by atoms with Crippen molar-refractivity contribution in [3.63, 3.8) is 0 Å². The molecule has 0 amide bonds. The first kappa shape index (κ1) is 21.8. The quantitative estimate of drug-likeness (QED) is 0.486. The van der Waals surface area contributed by atoms with Gasteiger partial charge in [-0.3, -0.25) is 0 Å². The molecule has 5 rings (SSSR count). The van der Waals surface area contributed by atoms with Crippen LogP contribution in [0.4, 0.5) is 0 Å². The van der Waals surface area contributed by atoms with E-state index in [4.69, 9.17) is 28.4 Å². The highest BCUT2D eigenvalue weighted by Gasteiger charge is 2.63. The number of hydrogen-bond acceptors (Lipinski definition) is 7. The maximum atomic E-state index is 12.0. The first-order valence-electron chi connectivity index (χ1n) is 12.2. The third kappa shape index (κ3) is 4.32. The predicted octanol–water partition coefficient (Wildman–Crippen LogP) is 4.13. The van der Waals surface area contributed by atoms with Gasteiger partial charge >= 0.3 is 5.97 Å². The fourth-order valence-corrected chi connectivity index (χ4v) is 5.81. The van der Waals surface area contributed by atoms with Crippen LogP contribution in [0.3, 0.4) is 0 Å². The first-order chi connectivity index (χ1) is 15.0. The van der Waals surface area contributed by atoms with Crippen molar-refractivity contribution >= 4 is 5.97 Å². The van der Waals surface area contributed by atoms with E-state index in [0.29, 0.717) is 5.57 Å². The Labute approximate surface area is 184 Å². The van der Waals surface area contributed by atoms with Crippen molar-refractivity contribution < 1.29 is 33.2 Å². The number of carbonyl (C=O) groups is 1.